The van der Waals surface area contributed by atoms with Gasteiger partial charge in [-0.3, -0.25) is 0 Å². The van der Waals surface area contributed by atoms with E-state index in [1.807, 2.05) is 32.0 Å². The van der Waals surface area contributed by atoms with Crippen LogP contribution in [0.4, 0.5) is 0 Å². The van der Waals surface area contributed by atoms with Crippen molar-refractivity contribution in [3.8, 4) is 11.8 Å². The van der Waals surface area contributed by atoms with E-state index in [1.165, 1.54) is 0 Å². The largest absolute Gasteiger partial charge is 0.478 e. The number of nitrogens with zero attached hydrogens (tertiary/aromatic N) is 1. The van der Waals surface area contributed by atoms with Gasteiger partial charge in [-0.05, 0) is 26.8 Å². The molecule has 4 heteroatoms. The van der Waals surface area contributed by atoms with E-state index in [0.29, 0.717) is 24.9 Å². The molecule has 1 heterocycles. The van der Waals surface area contributed by atoms with Crippen molar-refractivity contribution in [1.29, 1.82) is 0 Å². The zero-order valence-corrected chi connectivity index (χ0v) is 9.27. The number of hydrogen-bond acceptors (Lipinski definition) is 4. The quantitative estimate of drug-likeness (QED) is 0.724. The van der Waals surface area contributed by atoms with Crippen molar-refractivity contribution >= 4 is 0 Å². The molecule has 0 amide bonds. The van der Waals surface area contributed by atoms with Gasteiger partial charge >= 0.3 is 0 Å². The van der Waals surface area contributed by atoms with Crippen molar-refractivity contribution in [2.45, 2.75) is 26.4 Å². The summed E-state index contributed by atoms with van der Waals surface area (Å²) in [4.78, 5) is 4.20. The van der Waals surface area contributed by atoms with Crippen molar-refractivity contribution in [3.05, 3.63) is 18.2 Å². The summed E-state index contributed by atoms with van der Waals surface area (Å²) in [6.07, 6.45) is 0.952. The lowest BCUT2D eigenvalue weighted by Gasteiger charge is -2.10. The van der Waals surface area contributed by atoms with Crippen LogP contribution in [0.1, 0.15) is 20.3 Å². The second kappa shape index (κ2) is 6.24. The van der Waals surface area contributed by atoms with Gasteiger partial charge in [-0.1, -0.05) is 6.07 Å². The summed E-state index contributed by atoms with van der Waals surface area (Å²) in [6, 6.07) is 5.49. The molecule has 1 aromatic heterocycles. The highest BCUT2D eigenvalue weighted by atomic mass is 16.5. The predicted octanol–water partition coefficient (Wildman–Crippen LogP) is 1.60. The Bertz CT molecular complexity index is 290. The van der Waals surface area contributed by atoms with E-state index < -0.39 is 0 Å². The second-order valence-corrected chi connectivity index (χ2v) is 3.47. The molecule has 0 spiro atoms. The molecule has 0 saturated heterocycles. The third-order valence-electron chi connectivity index (χ3n) is 1.65. The Balaban J connectivity index is 2.50. The molecule has 0 aliphatic heterocycles. The molecule has 1 rings (SSSR count). The zero-order valence-electron chi connectivity index (χ0n) is 9.27. The summed E-state index contributed by atoms with van der Waals surface area (Å²) >= 11 is 0. The van der Waals surface area contributed by atoms with Crippen LogP contribution in [0.25, 0.3) is 0 Å². The Morgan fingerprint density at radius 2 is 2.07 bits per heavy atom. The van der Waals surface area contributed by atoms with E-state index in [9.17, 15) is 0 Å². The number of ether oxygens (including phenoxy) is 2. The van der Waals surface area contributed by atoms with Crippen molar-refractivity contribution in [3.63, 3.8) is 0 Å². The molecule has 0 aliphatic rings. The van der Waals surface area contributed by atoms with Gasteiger partial charge in [0.05, 0.1) is 12.7 Å². The summed E-state index contributed by atoms with van der Waals surface area (Å²) < 4.78 is 10.8. The highest BCUT2D eigenvalue weighted by molar-refractivity contribution is 5.19. The maximum absolute atomic E-state index is 5.45. The Morgan fingerprint density at radius 3 is 2.73 bits per heavy atom. The molecule has 1 aromatic rings. The molecule has 0 saturated carbocycles. The average molecular weight is 210 g/mol. The first-order valence-electron chi connectivity index (χ1n) is 5.19. The van der Waals surface area contributed by atoms with E-state index in [4.69, 9.17) is 15.2 Å². The molecule has 15 heavy (non-hydrogen) atoms. The maximum Gasteiger partial charge on any atom is 0.216 e. The van der Waals surface area contributed by atoms with Crippen LogP contribution < -0.4 is 15.2 Å². The van der Waals surface area contributed by atoms with Gasteiger partial charge < -0.3 is 15.2 Å². The molecule has 0 atom stereocenters. The van der Waals surface area contributed by atoms with E-state index in [0.717, 1.165) is 6.42 Å². The van der Waals surface area contributed by atoms with E-state index in [-0.39, 0.29) is 6.10 Å². The maximum atomic E-state index is 5.45. The lowest BCUT2D eigenvalue weighted by Crippen LogP contribution is -2.09. The fourth-order valence-electron chi connectivity index (χ4n) is 1.04. The van der Waals surface area contributed by atoms with Gasteiger partial charge in [-0.2, -0.15) is 4.98 Å². The van der Waals surface area contributed by atoms with Crippen LogP contribution in [0.2, 0.25) is 0 Å². The van der Waals surface area contributed by atoms with E-state index in [1.54, 1.807) is 0 Å². The normalized spacial score (nSPS) is 10.4. The molecular formula is C11H18N2O2. The molecule has 2 N–H and O–H groups in total. The predicted molar refractivity (Wildman–Crippen MR) is 59.2 cm³/mol. The van der Waals surface area contributed by atoms with E-state index in [2.05, 4.69) is 4.98 Å². The van der Waals surface area contributed by atoms with Gasteiger partial charge in [-0.25, -0.2) is 0 Å². The van der Waals surface area contributed by atoms with Gasteiger partial charge in [0.25, 0.3) is 0 Å². The summed E-state index contributed by atoms with van der Waals surface area (Å²) in [5, 5.41) is 0. The Hall–Kier alpha value is -1.29. The molecule has 0 bridgehead atoms. The van der Waals surface area contributed by atoms with Crippen LogP contribution in [0.15, 0.2) is 18.2 Å². The standard InChI is InChI=1S/C11H18N2O2/c1-9(2)15-11-6-3-5-10(13-11)14-8-4-7-12/h3,5-6,9H,4,7-8,12H2,1-2H3. The minimum atomic E-state index is 0.122. The first-order valence-corrected chi connectivity index (χ1v) is 5.19. The minimum Gasteiger partial charge on any atom is -0.478 e. The molecule has 84 valence electrons. The van der Waals surface area contributed by atoms with Crippen LogP contribution in [0, 0.1) is 0 Å². The number of aromatic nitrogens is 1. The monoisotopic (exact) mass is 210 g/mol. The van der Waals surface area contributed by atoms with Crippen LogP contribution in [0.5, 0.6) is 11.8 Å². The van der Waals surface area contributed by atoms with Crippen LogP contribution in [-0.2, 0) is 0 Å². The van der Waals surface area contributed by atoms with Gasteiger partial charge in [0.2, 0.25) is 11.8 Å². The van der Waals surface area contributed by atoms with Crippen molar-refractivity contribution in [2.75, 3.05) is 13.2 Å². The van der Waals surface area contributed by atoms with Crippen LogP contribution >= 0.6 is 0 Å². The van der Waals surface area contributed by atoms with Gasteiger partial charge in [0.1, 0.15) is 0 Å². The molecule has 0 aliphatic carbocycles. The fraction of sp³-hybridized carbons (Fsp3) is 0.545. The fourth-order valence-corrected chi connectivity index (χ4v) is 1.04. The van der Waals surface area contributed by atoms with Crippen molar-refractivity contribution in [1.82, 2.24) is 4.98 Å². The third-order valence-corrected chi connectivity index (χ3v) is 1.65. The lowest BCUT2D eigenvalue weighted by molar-refractivity contribution is 0.226. The number of nitrogens with two attached hydrogens (primary N) is 1. The SMILES string of the molecule is CC(C)Oc1cccc(OCCCN)n1. The molecular weight excluding hydrogens is 192 g/mol. The summed E-state index contributed by atoms with van der Waals surface area (Å²) in [5.74, 6) is 1.18. The smallest absolute Gasteiger partial charge is 0.216 e. The van der Waals surface area contributed by atoms with Crippen molar-refractivity contribution < 1.29 is 9.47 Å². The molecule has 0 unspecified atom stereocenters. The number of rotatable bonds is 6. The first-order chi connectivity index (χ1) is 7.22. The number of hydrogen-bond donors (Lipinski definition) is 1. The molecule has 4 nitrogen and oxygen atoms in total. The van der Waals surface area contributed by atoms with Crippen LogP contribution in [-0.4, -0.2) is 24.2 Å². The van der Waals surface area contributed by atoms with Gasteiger partial charge in [0, 0.05) is 12.1 Å². The third kappa shape index (κ3) is 4.65. The van der Waals surface area contributed by atoms with Crippen molar-refractivity contribution in [2.24, 2.45) is 5.73 Å². The zero-order chi connectivity index (χ0) is 11.1. The van der Waals surface area contributed by atoms with Crippen LogP contribution in [0.3, 0.4) is 0 Å². The highest BCUT2D eigenvalue weighted by Gasteiger charge is 2.01. The van der Waals surface area contributed by atoms with E-state index >= 15 is 0 Å². The molecule has 0 radical (unpaired) electrons. The summed E-state index contributed by atoms with van der Waals surface area (Å²) in [5.41, 5.74) is 5.36. The minimum absolute atomic E-state index is 0.122. The Labute approximate surface area is 90.4 Å². The molecule has 0 aromatic carbocycles. The Morgan fingerprint density at radius 1 is 1.33 bits per heavy atom. The highest BCUT2D eigenvalue weighted by Crippen LogP contribution is 2.14. The average Bonchev–Trinajstić information content (AvgIpc) is 2.18. The second-order valence-electron chi connectivity index (χ2n) is 3.47. The first kappa shape index (κ1) is 11.8. The number of pyridine rings is 1. The summed E-state index contributed by atoms with van der Waals surface area (Å²) in [7, 11) is 0. The summed E-state index contributed by atoms with van der Waals surface area (Å²) in [6.45, 7) is 5.14. The topological polar surface area (TPSA) is 57.4 Å². The van der Waals surface area contributed by atoms with Gasteiger partial charge in [0.15, 0.2) is 0 Å². The lowest BCUT2D eigenvalue weighted by atomic mass is 10.4. The molecule has 0 fully saturated rings. The Kier molecular flexibility index (Phi) is 4.90. The van der Waals surface area contributed by atoms with Gasteiger partial charge in [-0.15, -0.1) is 0 Å².